The van der Waals surface area contributed by atoms with Crippen molar-refractivity contribution < 1.29 is 8.78 Å². The molecule has 0 fully saturated rings. The molecule has 2 aromatic rings. The highest BCUT2D eigenvalue weighted by atomic mass is 79.9. The number of aromatic nitrogens is 2. The lowest BCUT2D eigenvalue weighted by Crippen LogP contribution is -2.09. The number of rotatable bonds is 4. The lowest BCUT2D eigenvalue weighted by Gasteiger charge is -2.10. The molecule has 0 aliphatic carbocycles. The number of nitrogens with zero attached hydrogens (tertiary/aromatic N) is 2. The number of benzene rings is 1. The topological polar surface area (TPSA) is 29.9 Å². The maximum absolute atomic E-state index is 13.6. The first-order valence-corrected chi connectivity index (χ1v) is 6.30. The first-order valence-electron chi connectivity index (χ1n) is 5.51. The van der Waals surface area contributed by atoms with Crippen LogP contribution in [-0.4, -0.2) is 9.78 Å². The van der Waals surface area contributed by atoms with Crippen LogP contribution in [0.1, 0.15) is 12.6 Å². The first kappa shape index (κ1) is 13.0. The number of halogens is 3. The van der Waals surface area contributed by atoms with Crippen LogP contribution in [0.25, 0.3) is 0 Å². The molecule has 1 aromatic heterocycles. The van der Waals surface area contributed by atoms with Gasteiger partial charge in [0.15, 0.2) is 0 Å². The SMILES string of the molecule is CCn1nccc1CNc1c(F)cc(F)cc1Br. The van der Waals surface area contributed by atoms with Crippen LogP contribution in [0.4, 0.5) is 14.5 Å². The third-order valence-electron chi connectivity index (χ3n) is 2.56. The minimum Gasteiger partial charge on any atom is -0.376 e. The Balaban J connectivity index is 2.16. The Labute approximate surface area is 112 Å². The van der Waals surface area contributed by atoms with Gasteiger partial charge in [-0.1, -0.05) is 0 Å². The van der Waals surface area contributed by atoms with E-state index >= 15 is 0 Å². The zero-order valence-corrected chi connectivity index (χ0v) is 11.3. The number of hydrogen-bond donors (Lipinski definition) is 1. The summed E-state index contributed by atoms with van der Waals surface area (Å²) in [6.45, 7) is 3.15. The molecule has 1 heterocycles. The highest BCUT2D eigenvalue weighted by Gasteiger charge is 2.10. The second kappa shape index (κ2) is 5.48. The highest BCUT2D eigenvalue weighted by molar-refractivity contribution is 9.10. The van der Waals surface area contributed by atoms with E-state index in [1.165, 1.54) is 6.07 Å². The number of hydrogen-bond acceptors (Lipinski definition) is 2. The molecule has 0 spiro atoms. The molecule has 0 amide bonds. The molecule has 0 aliphatic heterocycles. The number of aryl methyl sites for hydroxylation is 1. The van der Waals surface area contributed by atoms with Crippen molar-refractivity contribution in [2.75, 3.05) is 5.32 Å². The van der Waals surface area contributed by atoms with Crippen LogP contribution < -0.4 is 5.32 Å². The van der Waals surface area contributed by atoms with Gasteiger partial charge in [-0.25, -0.2) is 8.78 Å². The molecule has 0 aliphatic rings. The predicted octanol–water partition coefficient (Wildman–Crippen LogP) is 3.56. The molecular weight excluding hydrogens is 304 g/mol. The molecule has 0 atom stereocenters. The van der Waals surface area contributed by atoms with Crippen LogP contribution in [0.2, 0.25) is 0 Å². The summed E-state index contributed by atoms with van der Waals surface area (Å²) in [7, 11) is 0. The van der Waals surface area contributed by atoms with Crippen molar-refractivity contribution in [1.82, 2.24) is 9.78 Å². The maximum atomic E-state index is 13.6. The van der Waals surface area contributed by atoms with E-state index in [0.29, 0.717) is 11.0 Å². The standard InChI is InChI=1S/C12H12BrF2N3/c1-2-18-9(3-4-17-18)7-16-12-10(13)5-8(14)6-11(12)15/h3-6,16H,2,7H2,1H3. The molecule has 0 saturated heterocycles. The van der Waals surface area contributed by atoms with Crippen molar-refractivity contribution in [1.29, 1.82) is 0 Å². The summed E-state index contributed by atoms with van der Waals surface area (Å²) in [6.07, 6.45) is 1.69. The monoisotopic (exact) mass is 315 g/mol. The molecule has 1 aromatic carbocycles. The summed E-state index contributed by atoms with van der Waals surface area (Å²) in [4.78, 5) is 0. The Bertz CT molecular complexity index is 531. The van der Waals surface area contributed by atoms with Gasteiger partial charge in [-0.3, -0.25) is 4.68 Å². The van der Waals surface area contributed by atoms with Crippen molar-refractivity contribution in [2.24, 2.45) is 0 Å². The van der Waals surface area contributed by atoms with Gasteiger partial charge in [0.1, 0.15) is 11.6 Å². The van der Waals surface area contributed by atoms with E-state index in [1.807, 2.05) is 17.7 Å². The zero-order chi connectivity index (χ0) is 13.1. The predicted molar refractivity (Wildman–Crippen MR) is 69.3 cm³/mol. The Morgan fingerprint density at radius 2 is 2.17 bits per heavy atom. The summed E-state index contributed by atoms with van der Waals surface area (Å²) in [5.41, 5.74) is 1.19. The quantitative estimate of drug-likeness (QED) is 0.935. The Morgan fingerprint density at radius 3 is 2.83 bits per heavy atom. The molecule has 0 radical (unpaired) electrons. The van der Waals surface area contributed by atoms with Gasteiger partial charge in [-0.15, -0.1) is 0 Å². The molecule has 2 rings (SSSR count). The Morgan fingerprint density at radius 1 is 1.39 bits per heavy atom. The minimum absolute atomic E-state index is 0.250. The van der Waals surface area contributed by atoms with E-state index in [-0.39, 0.29) is 5.69 Å². The molecule has 1 N–H and O–H groups in total. The molecule has 0 bridgehead atoms. The van der Waals surface area contributed by atoms with E-state index in [2.05, 4.69) is 26.3 Å². The van der Waals surface area contributed by atoms with Crippen LogP contribution in [0.3, 0.4) is 0 Å². The largest absolute Gasteiger partial charge is 0.376 e. The molecule has 0 saturated carbocycles. The molecular formula is C12H12BrF2N3. The summed E-state index contributed by atoms with van der Waals surface area (Å²) in [5, 5.41) is 7.05. The first-order chi connectivity index (χ1) is 8.61. The van der Waals surface area contributed by atoms with E-state index < -0.39 is 11.6 Å². The highest BCUT2D eigenvalue weighted by Crippen LogP contribution is 2.27. The Hall–Kier alpha value is -1.43. The second-order valence-corrected chi connectivity index (χ2v) is 4.59. The number of anilines is 1. The van der Waals surface area contributed by atoms with Gasteiger partial charge in [-0.05, 0) is 35.0 Å². The summed E-state index contributed by atoms with van der Waals surface area (Å²) >= 11 is 3.13. The maximum Gasteiger partial charge on any atom is 0.150 e. The van der Waals surface area contributed by atoms with Crippen molar-refractivity contribution in [3.05, 3.63) is 46.2 Å². The third kappa shape index (κ3) is 2.69. The molecule has 18 heavy (non-hydrogen) atoms. The zero-order valence-electron chi connectivity index (χ0n) is 9.75. The average molecular weight is 316 g/mol. The van der Waals surface area contributed by atoms with Crippen molar-refractivity contribution in [3.8, 4) is 0 Å². The van der Waals surface area contributed by atoms with Crippen molar-refractivity contribution in [2.45, 2.75) is 20.0 Å². The van der Waals surface area contributed by atoms with Gasteiger partial charge in [0.2, 0.25) is 0 Å². The van der Waals surface area contributed by atoms with Crippen LogP contribution in [-0.2, 0) is 13.1 Å². The normalized spacial score (nSPS) is 10.7. The van der Waals surface area contributed by atoms with Crippen LogP contribution in [0, 0.1) is 11.6 Å². The van der Waals surface area contributed by atoms with Crippen LogP contribution in [0.5, 0.6) is 0 Å². The average Bonchev–Trinajstić information content (AvgIpc) is 2.75. The van der Waals surface area contributed by atoms with Crippen molar-refractivity contribution >= 4 is 21.6 Å². The fraction of sp³-hybridized carbons (Fsp3) is 0.250. The lowest BCUT2D eigenvalue weighted by atomic mass is 10.3. The summed E-state index contributed by atoms with van der Waals surface area (Å²) < 4.78 is 28.7. The molecule has 0 unspecified atom stereocenters. The fourth-order valence-electron chi connectivity index (χ4n) is 1.68. The molecule has 6 heteroatoms. The summed E-state index contributed by atoms with van der Waals surface area (Å²) in [5.74, 6) is -1.23. The van der Waals surface area contributed by atoms with E-state index in [9.17, 15) is 8.78 Å². The molecule has 3 nitrogen and oxygen atoms in total. The van der Waals surface area contributed by atoms with Gasteiger partial charge in [0, 0.05) is 23.3 Å². The Kier molecular flexibility index (Phi) is 3.96. The van der Waals surface area contributed by atoms with Gasteiger partial charge < -0.3 is 5.32 Å². The third-order valence-corrected chi connectivity index (χ3v) is 3.18. The van der Waals surface area contributed by atoms with Gasteiger partial charge in [0.05, 0.1) is 17.9 Å². The number of nitrogens with one attached hydrogen (secondary N) is 1. The van der Waals surface area contributed by atoms with Crippen molar-refractivity contribution in [3.63, 3.8) is 0 Å². The van der Waals surface area contributed by atoms with E-state index in [1.54, 1.807) is 6.20 Å². The smallest absolute Gasteiger partial charge is 0.150 e. The lowest BCUT2D eigenvalue weighted by molar-refractivity contribution is 0.582. The fourth-order valence-corrected chi connectivity index (χ4v) is 2.23. The van der Waals surface area contributed by atoms with E-state index in [0.717, 1.165) is 18.3 Å². The van der Waals surface area contributed by atoms with Gasteiger partial charge >= 0.3 is 0 Å². The van der Waals surface area contributed by atoms with Gasteiger partial charge in [0.25, 0.3) is 0 Å². The second-order valence-electron chi connectivity index (χ2n) is 3.74. The van der Waals surface area contributed by atoms with Gasteiger partial charge in [-0.2, -0.15) is 5.10 Å². The molecule has 96 valence electrons. The van der Waals surface area contributed by atoms with Crippen LogP contribution in [0.15, 0.2) is 28.9 Å². The summed E-state index contributed by atoms with van der Waals surface area (Å²) in [6, 6.07) is 3.93. The van der Waals surface area contributed by atoms with E-state index in [4.69, 9.17) is 0 Å². The van der Waals surface area contributed by atoms with Crippen LogP contribution >= 0.6 is 15.9 Å². The minimum atomic E-state index is -0.621.